The Labute approximate surface area is 142 Å². The van der Waals surface area contributed by atoms with Gasteiger partial charge in [-0.1, -0.05) is 13.3 Å². The minimum atomic E-state index is -0.731. The molecule has 128 valence electrons. The average molecular weight is 342 g/mol. The molecule has 0 unspecified atom stereocenters. The van der Waals surface area contributed by atoms with Crippen LogP contribution < -0.4 is 5.73 Å². The van der Waals surface area contributed by atoms with Gasteiger partial charge in [0.25, 0.3) is 0 Å². The molecule has 1 fully saturated rings. The van der Waals surface area contributed by atoms with Gasteiger partial charge in [0.1, 0.15) is 0 Å². The fourth-order valence-electron chi connectivity index (χ4n) is 2.69. The SMILES string of the molecule is CCCCN(C)CC1CCN(C(=O)C(C)(C)N)CC1.Cl.Cl. The highest BCUT2D eigenvalue weighted by Crippen LogP contribution is 2.20. The maximum atomic E-state index is 12.1. The first-order valence-electron chi connectivity index (χ1n) is 7.61. The molecule has 1 saturated heterocycles. The molecule has 0 saturated carbocycles. The van der Waals surface area contributed by atoms with Crippen molar-refractivity contribution in [3.63, 3.8) is 0 Å². The first-order chi connectivity index (χ1) is 8.84. The summed E-state index contributed by atoms with van der Waals surface area (Å²) in [6.07, 6.45) is 4.74. The minimum absolute atomic E-state index is 0. The molecule has 1 amide bonds. The number of likely N-dealkylation sites (tertiary alicyclic amines) is 1. The Morgan fingerprint density at radius 1 is 1.29 bits per heavy atom. The normalized spacial score (nSPS) is 16.4. The molecule has 0 aromatic rings. The molecule has 1 rings (SSSR count). The van der Waals surface area contributed by atoms with Gasteiger partial charge in [0.2, 0.25) is 5.91 Å². The molecular formula is C15H33Cl2N3O. The molecule has 0 spiro atoms. The molecule has 1 heterocycles. The molecule has 0 atom stereocenters. The lowest BCUT2D eigenvalue weighted by Gasteiger charge is -2.36. The van der Waals surface area contributed by atoms with Crippen LogP contribution in [0.25, 0.3) is 0 Å². The second-order valence-electron chi connectivity index (χ2n) is 6.57. The molecule has 0 aliphatic carbocycles. The zero-order valence-electron chi connectivity index (χ0n) is 13.9. The third-order valence-corrected chi connectivity index (χ3v) is 3.92. The van der Waals surface area contributed by atoms with Crippen LogP contribution in [0.4, 0.5) is 0 Å². The van der Waals surface area contributed by atoms with Gasteiger partial charge in [0.15, 0.2) is 0 Å². The lowest BCUT2D eigenvalue weighted by Crippen LogP contribution is -2.53. The van der Waals surface area contributed by atoms with Crippen molar-refractivity contribution in [1.82, 2.24) is 9.80 Å². The Morgan fingerprint density at radius 2 is 1.81 bits per heavy atom. The van der Waals surface area contributed by atoms with Gasteiger partial charge in [-0.15, -0.1) is 24.8 Å². The highest BCUT2D eigenvalue weighted by molar-refractivity contribution is 5.86. The van der Waals surface area contributed by atoms with E-state index in [1.54, 1.807) is 13.8 Å². The van der Waals surface area contributed by atoms with E-state index in [1.807, 2.05) is 4.90 Å². The Hall–Kier alpha value is -0.0300. The molecule has 6 heteroatoms. The van der Waals surface area contributed by atoms with Crippen molar-refractivity contribution < 1.29 is 4.79 Å². The van der Waals surface area contributed by atoms with Crippen LogP contribution in [0.15, 0.2) is 0 Å². The summed E-state index contributed by atoms with van der Waals surface area (Å²) >= 11 is 0. The fourth-order valence-corrected chi connectivity index (χ4v) is 2.69. The highest BCUT2D eigenvalue weighted by Gasteiger charge is 2.30. The summed E-state index contributed by atoms with van der Waals surface area (Å²) in [4.78, 5) is 16.4. The van der Waals surface area contributed by atoms with Crippen molar-refractivity contribution in [2.45, 2.75) is 52.0 Å². The zero-order valence-corrected chi connectivity index (χ0v) is 15.6. The second-order valence-corrected chi connectivity index (χ2v) is 6.57. The molecule has 2 N–H and O–H groups in total. The Balaban J connectivity index is 0. The molecule has 1 aliphatic heterocycles. The summed E-state index contributed by atoms with van der Waals surface area (Å²) in [5.41, 5.74) is 5.15. The van der Waals surface area contributed by atoms with E-state index < -0.39 is 5.54 Å². The minimum Gasteiger partial charge on any atom is -0.341 e. The summed E-state index contributed by atoms with van der Waals surface area (Å²) in [5.74, 6) is 0.817. The number of nitrogens with two attached hydrogens (primary N) is 1. The van der Waals surface area contributed by atoms with E-state index in [0.29, 0.717) is 0 Å². The van der Waals surface area contributed by atoms with Crippen LogP contribution >= 0.6 is 24.8 Å². The van der Waals surface area contributed by atoms with Crippen molar-refractivity contribution in [2.24, 2.45) is 11.7 Å². The molecule has 0 aromatic heterocycles. The maximum Gasteiger partial charge on any atom is 0.242 e. The van der Waals surface area contributed by atoms with Crippen molar-refractivity contribution >= 4 is 30.7 Å². The Bertz CT molecular complexity index is 287. The van der Waals surface area contributed by atoms with E-state index in [1.165, 1.54) is 19.4 Å². The van der Waals surface area contributed by atoms with E-state index in [4.69, 9.17) is 5.73 Å². The van der Waals surface area contributed by atoms with Crippen molar-refractivity contribution in [2.75, 3.05) is 33.2 Å². The summed E-state index contributed by atoms with van der Waals surface area (Å²) < 4.78 is 0. The third-order valence-electron chi connectivity index (χ3n) is 3.92. The Morgan fingerprint density at radius 3 is 2.24 bits per heavy atom. The summed E-state index contributed by atoms with van der Waals surface area (Å²) in [6, 6.07) is 0. The van der Waals surface area contributed by atoms with Gasteiger partial charge in [-0.05, 0) is 52.6 Å². The number of nitrogens with zero attached hydrogens (tertiary/aromatic N) is 2. The summed E-state index contributed by atoms with van der Waals surface area (Å²) in [6.45, 7) is 9.89. The fraction of sp³-hybridized carbons (Fsp3) is 0.933. The molecule has 21 heavy (non-hydrogen) atoms. The highest BCUT2D eigenvalue weighted by atomic mass is 35.5. The van der Waals surface area contributed by atoms with Crippen molar-refractivity contribution in [3.05, 3.63) is 0 Å². The number of unbranched alkanes of at least 4 members (excludes halogenated alkanes) is 1. The van der Waals surface area contributed by atoms with Crippen LogP contribution in [0.1, 0.15) is 46.5 Å². The zero-order chi connectivity index (χ0) is 14.5. The number of carbonyl (C=O) groups excluding carboxylic acids is 1. The van der Waals surface area contributed by atoms with Crippen LogP contribution in [0, 0.1) is 5.92 Å². The van der Waals surface area contributed by atoms with E-state index in [2.05, 4.69) is 18.9 Å². The maximum absolute atomic E-state index is 12.1. The average Bonchev–Trinajstić information content (AvgIpc) is 2.35. The van der Waals surface area contributed by atoms with Gasteiger partial charge in [0.05, 0.1) is 5.54 Å². The van der Waals surface area contributed by atoms with Crippen LogP contribution in [0.3, 0.4) is 0 Å². The second kappa shape index (κ2) is 10.7. The number of piperidine rings is 1. The summed E-state index contributed by atoms with van der Waals surface area (Å²) in [7, 11) is 2.20. The van der Waals surface area contributed by atoms with Crippen LogP contribution in [-0.4, -0.2) is 54.5 Å². The van der Waals surface area contributed by atoms with Crippen LogP contribution in [0.2, 0.25) is 0 Å². The lowest BCUT2D eigenvalue weighted by molar-refractivity contribution is -0.137. The van der Waals surface area contributed by atoms with Gasteiger partial charge in [-0.25, -0.2) is 0 Å². The van der Waals surface area contributed by atoms with E-state index in [-0.39, 0.29) is 30.7 Å². The quantitative estimate of drug-likeness (QED) is 0.807. The predicted molar refractivity (Wildman–Crippen MR) is 94.5 cm³/mol. The molecule has 1 aliphatic rings. The van der Waals surface area contributed by atoms with Gasteiger partial charge in [0, 0.05) is 19.6 Å². The van der Waals surface area contributed by atoms with Gasteiger partial charge < -0.3 is 15.5 Å². The monoisotopic (exact) mass is 341 g/mol. The lowest BCUT2D eigenvalue weighted by atomic mass is 9.94. The largest absolute Gasteiger partial charge is 0.341 e. The third kappa shape index (κ3) is 8.24. The van der Waals surface area contributed by atoms with Crippen molar-refractivity contribution in [3.8, 4) is 0 Å². The van der Waals surface area contributed by atoms with E-state index in [9.17, 15) is 4.79 Å². The van der Waals surface area contributed by atoms with Crippen LogP contribution in [-0.2, 0) is 4.79 Å². The predicted octanol–water partition coefficient (Wildman–Crippen LogP) is 2.54. The first-order valence-corrected chi connectivity index (χ1v) is 7.61. The van der Waals surface area contributed by atoms with E-state index in [0.717, 1.165) is 38.4 Å². The van der Waals surface area contributed by atoms with Gasteiger partial charge in [-0.2, -0.15) is 0 Å². The topological polar surface area (TPSA) is 49.6 Å². The molecule has 0 bridgehead atoms. The summed E-state index contributed by atoms with van der Waals surface area (Å²) in [5, 5.41) is 0. The smallest absolute Gasteiger partial charge is 0.242 e. The number of hydrogen-bond donors (Lipinski definition) is 1. The number of rotatable bonds is 6. The molecule has 0 radical (unpaired) electrons. The van der Waals surface area contributed by atoms with Crippen LogP contribution in [0.5, 0.6) is 0 Å². The van der Waals surface area contributed by atoms with Crippen molar-refractivity contribution in [1.29, 1.82) is 0 Å². The molecule has 0 aromatic carbocycles. The number of carbonyl (C=O) groups is 1. The Kier molecular flexibility index (Phi) is 11.8. The first kappa shape index (κ1) is 23.2. The van der Waals surface area contributed by atoms with Gasteiger partial charge in [-0.3, -0.25) is 4.79 Å². The molecule has 4 nitrogen and oxygen atoms in total. The van der Waals surface area contributed by atoms with E-state index >= 15 is 0 Å². The standard InChI is InChI=1S/C15H31N3O.2ClH/c1-5-6-9-17(4)12-13-7-10-18(11-8-13)14(19)15(2,3)16;;/h13H,5-12,16H2,1-4H3;2*1H. The number of amides is 1. The van der Waals surface area contributed by atoms with Gasteiger partial charge >= 0.3 is 0 Å². The molecular weight excluding hydrogens is 309 g/mol. The number of halogens is 2. The number of hydrogen-bond acceptors (Lipinski definition) is 3.